The number of aromatic nitrogens is 2. The quantitative estimate of drug-likeness (QED) is 0.405. The molecule has 0 saturated carbocycles. The van der Waals surface area contributed by atoms with Crippen molar-refractivity contribution in [1.82, 2.24) is 9.38 Å². The number of fused-ring (bicyclic) bond motifs is 5. The van der Waals surface area contributed by atoms with Gasteiger partial charge in [0.2, 0.25) is 0 Å². The van der Waals surface area contributed by atoms with E-state index in [1.54, 1.807) is 28.7 Å². The van der Waals surface area contributed by atoms with E-state index in [2.05, 4.69) is 37.8 Å². The number of nitrogens with zero attached hydrogens (tertiary/aromatic N) is 3. The normalized spacial score (nSPS) is 12.9. The van der Waals surface area contributed by atoms with Crippen molar-refractivity contribution in [1.29, 1.82) is 5.26 Å². The Kier molecular flexibility index (Phi) is 4.80. The van der Waals surface area contributed by atoms with Crippen LogP contribution in [0.5, 0.6) is 0 Å². The highest BCUT2D eigenvalue weighted by Gasteiger charge is 2.16. The maximum absolute atomic E-state index is 13.9. The number of benzene rings is 3. The summed E-state index contributed by atoms with van der Waals surface area (Å²) in [5, 5.41) is 11.7. The largest absolute Gasteiger partial charge is 0.268 e. The summed E-state index contributed by atoms with van der Waals surface area (Å²) >= 11 is 0. The van der Waals surface area contributed by atoms with Crippen LogP contribution < -0.4 is 10.8 Å². The van der Waals surface area contributed by atoms with E-state index >= 15 is 0 Å². The van der Waals surface area contributed by atoms with Crippen molar-refractivity contribution in [3.05, 3.63) is 106 Å². The van der Waals surface area contributed by atoms with Gasteiger partial charge in [-0.15, -0.1) is 0 Å². The highest BCUT2D eigenvalue weighted by Crippen LogP contribution is 2.26. The van der Waals surface area contributed by atoms with Crippen molar-refractivity contribution in [2.24, 2.45) is 0 Å². The molecule has 0 saturated heterocycles. The lowest BCUT2D eigenvalue weighted by atomic mass is 9.93. The van der Waals surface area contributed by atoms with Gasteiger partial charge in [0.05, 0.1) is 22.7 Å². The summed E-state index contributed by atoms with van der Waals surface area (Å²) in [5.74, 6) is 0.0994. The van der Waals surface area contributed by atoms with E-state index in [1.165, 1.54) is 5.56 Å². The topological polar surface area (TPSA) is 58.2 Å². The third-order valence-corrected chi connectivity index (χ3v) is 6.08. The molecule has 0 aliphatic carbocycles. The molecule has 2 heterocycles. The van der Waals surface area contributed by atoms with Gasteiger partial charge in [-0.25, -0.2) is 4.98 Å². The zero-order chi connectivity index (χ0) is 22.2. The Morgan fingerprint density at radius 3 is 2.66 bits per heavy atom. The zero-order valence-electron chi connectivity index (χ0n) is 17.7. The van der Waals surface area contributed by atoms with Crippen LogP contribution in [0.1, 0.15) is 36.0 Å². The van der Waals surface area contributed by atoms with E-state index in [1.807, 2.05) is 36.4 Å². The molecule has 1 atom stereocenters. The van der Waals surface area contributed by atoms with Gasteiger partial charge in [0.25, 0.3) is 5.56 Å². The molecule has 32 heavy (non-hydrogen) atoms. The first-order valence-corrected chi connectivity index (χ1v) is 10.7. The standard InChI is InChI=1S/C28H21N3O/c1-3-19-11-8-12-22-26(19)23(16-20(4-2)21-9-6-5-7-10-21)28(32)31-25-14-13-18(17-29)15-24(25)30-27(22)31/h3,5-16,20H,1,4H2,2H3/b23-16+. The third kappa shape index (κ3) is 2.99. The minimum Gasteiger partial charge on any atom is -0.268 e. The van der Waals surface area contributed by atoms with Gasteiger partial charge >= 0.3 is 0 Å². The third-order valence-electron chi connectivity index (χ3n) is 6.08. The first kappa shape index (κ1) is 19.7. The summed E-state index contributed by atoms with van der Waals surface area (Å²) in [6, 6.07) is 23.6. The van der Waals surface area contributed by atoms with E-state index < -0.39 is 0 Å². The number of imidazole rings is 1. The number of pyridine rings is 1. The Morgan fingerprint density at radius 1 is 1.12 bits per heavy atom. The molecule has 0 radical (unpaired) electrons. The summed E-state index contributed by atoms with van der Waals surface area (Å²) in [6.45, 7) is 6.10. The molecule has 0 spiro atoms. The van der Waals surface area contributed by atoms with Crippen molar-refractivity contribution in [3.8, 4) is 6.07 Å². The van der Waals surface area contributed by atoms with E-state index in [9.17, 15) is 10.1 Å². The molecule has 0 aliphatic heterocycles. The molecule has 0 aliphatic rings. The molecule has 4 nitrogen and oxygen atoms in total. The summed E-state index contributed by atoms with van der Waals surface area (Å²) in [5.41, 5.74) is 4.43. The molecule has 0 bridgehead atoms. The SMILES string of the molecule is C=Cc1cccc2c1/c(=C\C(CC)c1ccccc1)c(=O)n1c3ccc(C#N)cc3nc21. The van der Waals surface area contributed by atoms with E-state index in [0.29, 0.717) is 27.5 Å². The molecule has 5 aromatic rings. The van der Waals surface area contributed by atoms with E-state index in [4.69, 9.17) is 4.98 Å². The van der Waals surface area contributed by atoms with Gasteiger partial charge in [0.1, 0.15) is 5.65 Å². The van der Waals surface area contributed by atoms with Gasteiger partial charge in [0.15, 0.2) is 0 Å². The average molecular weight is 415 g/mol. The van der Waals surface area contributed by atoms with Crippen molar-refractivity contribution < 1.29 is 0 Å². The molecular weight excluding hydrogens is 394 g/mol. The van der Waals surface area contributed by atoms with Crippen LogP contribution in [-0.4, -0.2) is 9.38 Å². The monoisotopic (exact) mass is 415 g/mol. The second-order valence-electron chi connectivity index (χ2n) is 7.87. The summed E-state index contributed by atoms with van der Waals surface area (Å²) in [6.07, 6.45) is 4.74. The van der Waals surface area contributed by atoms with Gasteiger partial charge < -0.3 is 0 Å². The summed E-state index contributed by atoms with van der Waals surface area (Å²) in [7, 11) is 0. The Balaban J connectivity index is 1.98. The van der Waals surface area contributed by atoms with Crippen LogP contribution in [0.3, 0.4) is 0 Å². The highest BCUT2D eigenvalue weighted by molar-refractivity contribution is 6.02. The summed E-state index contributed by atoms with van der Waals surface area (Å²) < 4.78 is 1.68. The second kappa shape index (κ2) is 7.79. The molecule has 3 aromatic carbocycles. The Bertz CT molecular complexity index is 1660. The minimum atomic E-state index is -0.108. The van der Waals surface area contributed by atoms with Crippen molar-refractivity contribution in [3.63, 3.8) is 0 Å². The predicted octanol–water partition coefficient (Wildman–Crippen LogP) is 5.21. The molecular formula is C28H21N3O. The van der Waals surface area contributed by atoms with Crippen LogP contribution in [0.2, 0.25) is 0 Å². The first-order valence-electron chi connectivity index (χ1n) is 10.7. The molecule has 2 aromatic heterocycles. The highest BCUT2D eigenvalue weighted by atomic mass is 16.1. The van der Waals surface area contributed by atoms with Crippen LogP contribution in [-0.2, 0) is 0 Å². The maximum Gasteiger partial charge on any atom is 0.264 e. The number of nitriles is 1. The molecule has 0 amide bonds. The van der Waals surface area contributed by atoms with Crippen molar-refractivity contribution in [2.75, 3.05) is 0 Å². The van der Waals surface area contributed by atoms with Crippen LogP contribution in [0.15, 0.2) is 78.1 Å². The number of rotatable bonds is 4. The van der Waals surface area contributed by atoms with Crippen molar-refractivity contribution >= 4 is 39.6 Å². The van der Waals surface area contributed by atoms with Crippen molar-refractivity contribution in [2.45, 2.75) is 19.3 Å². The molecule has 5 rings (SSSR count). The summed E-state index contributed by atoms with van der Waals surface area (Å²) in [4.78, 5) is 18.7. The fourth-order valence-corrected chi connectivity index (χ4v) is 4.50. The smallest absolute Gasteiger partial charge is 0.264 e. The second-order valence-corrected chi connectivity index (χ2v) is 7.87. The molecule has 0 fully saturated rings. The lowest BCUT2D eigenvalue weighted by molar-refractivity contribution is 0.839. The van der Waals surface area contributed by atoms with Gasteiger partial charge in [-0.2, -0.15) is 5.26 Å². The van der Waals surface area contributed by atoms with Gasteiger partial charge in [-0.1, -0.05) is 74.2 Å². The maximum atomic E-state index is 13.9. The molecule has 0 N–H and O–H groups in total. The molecule has 4 heteroatoms. The van der Waals surface area contributed by atoms with E-state index in [0.717, 1.165) is 22.8 Å². The lowest BCUT2D eigenvalue weighted by Gasteiger charge is -2.12. The number of hydrogen-bond acceptors (Lipinski definition) is 3. The van der Waals surface area contributed by atoms with Crippen LogP contribution in [0.4, 0.5) is 0 Å². The van der Waals surface area contributed by atoms with Crippen LogP contribution in [0, 0.1) is 11.3 Å². The van der Waals surface area contributed by atoms with Gasteiger partial charge in [-0.3, -0.25) is 9.20 Å². The Labute approximate surface area is 185 Å². The van der Waals surface area contributed by atoms with Crippen LogP contribution >= 0.6 is 0 Å². The average Bonchev–Trinajstić information content (AvgIpc) is 3.23. The zero-order valence-corrected chi connectivity index (χ0v) is 17.7. The molecule has 154 valence electrons. The lowest BCUT2D eigenvalue weighted by Crippen LogP contribution is -2.32. The number of hydrogen-bond donors (Lipinski definition) is 0. The van der Waals surface area contributed by atoms with Crippen LogP contribution in [0.25, 0.3) is 39.6 Å². The Hall–Kier alpha value is -4.23. The van der Waals surface area contributed by atoms with E-state index in [-0.39, 0.29) is 11.5 Å². The fourth-order valence-electron chi connectivity index (χ4n) is 4.50. The first-order chi connectivity index (χ1) is 15.7. The van der Waals surface area contributed by atoms with Gasteiger partial charge in [0, 0.05) is 21.9 Å². The molecule has 1 unspecified atom stereocenters. The Morgan fingerprint density at radius 2 is 1.94 bits per heavy atom. The van der Waals surface area contributed by atoms with Gasteiger partial charge in [-0.05, 0) is 35.7 Å². The fraction of sp³-hybridized carbons (Fsp3) is 0.107. The minimum absolute atomic E-state index is 0.0994. The predicted molar refractivity (Wildman–Crippen MR) is 130 cm³/mol.